The van der Waals surface area contributed by atoms with Crippen LogP contribution in [0, 0.1) is 5.92 Å². The van der Waals surface area contributed by atoms with Crippen molar-refractivity contribution in [2.75, 3.05) is 17.6 Å². The van der Waals surface area contributed by atoms with E-state index in [2.05, 4.69) is 59.4 Å². The second-order valence-electron chi connectivity index (χ2n) is 11.9. The Morgan fingerprint density at radius 3 is 2.26 bits per heavy atom. The van der Waals surface area contributed by atoms with E-state index in [1.54, 1.807) is 0 Å². The van der Waals surface area contributed by atoms with Crippen LogP contribution in [0.5, 0.6) is 0 Å². The fourth-order valence-corrected chi connectivity index (χ4v) is 6.99. The highest BCUT2D eigenvalue weighted by molar-refractivity contribution is 7.89. The summed E-state index contributed by atoms with van der Waals surface area (Å²) in [6.45, 7) is 5.77. The third-order valence-electron chi connectivity index (χ3n) is 7.90. The molecule has 0 bridgehead atoms. The van der Waals surface area contributed by atoms with Gasteiger partial charge in [-0.3, -0.25) is 4.57 Å². The summed E-state index contributed by atoms with van der Waals surface area (Å²) in [6, 6.07) is 20.1. The lowest BCUT2D eigenvalue weighted by Crippen LogP contribution is -2.30. The van der Waals surface area contributed by atoms with Crippen molar-refractivity contribution in [3.05, 3.63) is 95.7 Å². The van der Waals surface area contributed by atoms with Gasteiger partial charge in [0.15, 0.2) is 29.3 Å². The van der Waals surface area contributed by atoms with E-state index in [0.717, 1.165) is 11.1 Å². The Labute approximate surface area is 272 Å². The average molecular weight is 663 g/mol. The Bertz CT molecular complexity index is 1860. The zero-order chi connectivity index (χ0) is 33.1. The largest absolute Gasteiger partial charge is 0.387 e. The SMILES string of the molecule is CCc1nc([C@H]2O[C@@H](n3cnc4c(NCC(c5ccccc5)c5ccccc5)nc(CNS(=O)(=O)CC(C)C)nc43)[C@H](O)[C@@H]2O)no1. The molecule has 1 aliphatic rings. The Balaban J connectivity index is 1.35. The van der Waals surface area contributed by atoms with E-state index in [1.807, 2.05) is 57.2 Å². The number of anilines is 1. The number of nitrogens with one attached hydrogen (secondary N) is 2. The van der Waals surface area contributed by atoms with Gasteiger partial charge in [-0.2, -0.15) is 4.98 Å². The Hall–Kier alpha value is -4.28. The molecule has 47 heavy (non-hydrogen) atoms. The molecular formula is C32H38N8O6S. The molecule has 14 nitrogen and oxygen atoms in total. The first kappa shape index (κ1) is 32.7. The Kier molecular flexibility index (Phi) is 9.61. The minimum atomic E-state index is -3.60. The fourth-order valence-electron chi connectivity index (χ4n) is 5.65. The van der Waals surface area contributed by atoms with Crippen LogP contribution in [0.3, 0.4) is 0 Å². The topological polar surface area (TPSA) is 190 Å². The number of benzene rings is 2. The van der Waals surface area contributed by atoms with Crippen molar-refractivity contribution in [2.24, 2.45) is 5.92 Å². The summed E-state index contributed by atoms with van der Waals surface area (Å²) >= 11 is 0. The quantitative estimate of drug-likeness (QED) is 0.144. The third kappa shape index (κ3) is 7.18. The molecule has 4 N–H and O–H groups in total. The van der Waals surface area contributed by atoms with Crippen molar-refractivity contribution in [2.45, 2.75) is 64.2 Å². The van der Waals surface area contributed by atoms with Crippen LogP contribution in [0.25, 0.3) is 11.2 Å². The number of sulfonamides is 1. The molecule has 4 atom stereocenters. The molecule has 0 aliphatic carbocycles. The van der Waals surface area contributed by atoms with Gasteiger partial charge in [-0.1, -0.05) is 86.6 Å². The number of nitrogens with zero attached hydrogens (tertiary/aromatic N) is 6. The molecule has 1 fully saturated rings. The van der Waals surface area contributed by atoms with E-state index in [0.29, 0.717) is 30.2 Å². The number of hydrogen-bond acceptors (Lipinski definition) is 12. The second kappa shape index (κ2) is 13.8. The van der Waals surface area contributed by atoms with Gasteiger partial charge in [0.2, 0.25) is 21.7 Å². The van der Waals surface area contributed by atoms with E-state index in [4.69, 9.17) is 9.26 Å². The smallest absolute Gasteiger partial charge is 0.226 e. The van der Waals surface area contributed by atoms with E-state index in [-0.39, 0.29) is 41.4 Å². The van der Waals surface area contributed by atoms with Crippen LogP contribution in [0.2, 0.25) is 0 Å². The highest BCUT2D eigenvalue weighted by Crippen LogP contribution is 2.39. The molecule has 248 valence electrons. The summed E-state index contributed by atoms with van der Waals surface area (Å²) in [5, 5.41) is 29.3. The van der Waals surface area contributed by atoms with Crippen LogP contribution in [-0.4, -0.2) is 72.8 Å². The van der Waals surface area contributed by atoms with Crippen molar-refractivity contribution in [1.29, 1.82) is 0 Å². The predicted molar refractivity (Wildman–Crippen MR) is 173 cm³/mol. The maximum atomic E-state index is 12.7. The number of aliphatic hydroxyl groups excluding tert-OH is 2. The second-order valence-corrected chi connectivity index (χ2v) is 13.7. The molecule has 0 radical (unpaired) electrons. The van der Waals surface area contributed by atoms with Crippen molar-refractivity contribution < 1.29 is 27.9 Å². The van der Waals surface area contributed by atoms with Crippen molar-refractivity contribution >= 4 is 27.0 Å². The number of imidazole rings is 1. The summed E-state index contributed by atoms with van der Waals surface area (Å²) < 4.78 is 40.7. The minimum Gasteiger partial charge on any atom is -0.387 e. The zero-order valence-electron chi connectivity index (χ0n) is 26.3. The van der Waals surface area contributed by atoms with Crippen LogP contribution in [0.1, 0.15) is 67.7 Å². The molecule has 0 saturated carbocycles. The first-order chi connectivity index (χ1) is 22.6. The molecule has 0 spiro atoms. The first-order valence-electron chi connectivity index (χ1n) is 15.5. The Morgan fingerprint density at radius 2 is 1.64 bits per heavy atom. The average Bonchev–Trinajstić information content (AvgIpc) is 3.78. The molecule has 1 saturated heterocycles. The van der Waals surface area contributed by atoms with Gasteiger partial charge in [-0.25, -0.2) is 28.1 Å². The summed E-state index contributed by atoms with van der Waals surface area (Å²) in [4.78, 5) is 18.1. The minimum absolute atomic E-state index is 0.0450. The summed E-state index contributed by atoms with van der Waals surface area (Å²) in [5.41, 5.74) is 2.84. The van der Waals surface area contributed by atoms with Crippen LogP contribution < -0.4 is 10.0 Å². The molecule has 1 aliphatic heterocycles. The number of ether oxygens (including phenoxy) is 1. The summed E-state index contributed by atoms with van der Waals surface area (Å²) in [5.74, 6) is 0.876. The maximum absolute atomic E-state index is 12.7. The van der Waals surface area contributed by atoms with Crippen LogP contribution in [-0.2, 0) is 27.7 Å². The van der Waals surface area contributed by atoms with E-state index in [1.165, 1.54) is 10.9 Å². The number of aromatic nitrogens is 6. The normalized spacial score (nSPS) is 20.1. The lowest BCUT2D eigenvalue weighted by atomic mass is 9.91. The van der Waals surface area contributed by atoms with Gasteiger partial charge in [0.05, 0.1) is 18.6 Å². The van der Waals surface area contributed by atoms with E-state index in [9.17, 15) is 18.6 Å². The monoisotopic (exact) mass is 662 g/mol. The molecular weight excluding hydrogens is 624 g/mol. The van der Waals surface area contributed by atoms with Gasteiger partial charge in [0.1, 0.15) is 18.0 Å². The molecule has 2 aromatic carbocycles. The van der Waals surface area contributed by atoms with Gasteiger partial charge >= 0.3 is 0 Å². The van der Waals surface area contributed by atoms with Crippen LogP contribution >= 0.6 is 0 Å². The van der Waals surface area contributed by atoms with Gasteiger partial charge in [0.25, 0.3) is 0 Å². The lowest BCUT2D eigenvalue weighted by molar-refractivity contribution is -0.0388. The van der Waals surface area contributed by atoms with Crippen LogP contribution in [0.4, 0.5) is 5.82 Å². The highest BCUT2D eigenvalue weighted by atomic mass is 32.2. The van der Waals surface area contributed by atoms with E-state index >= 15 is 0 Å². The van der Waals surface area contributed by atoms with Gasteiger partial charge in [0, 0.05) is 18.9 Å². The van der Waals surface area contributed by atoms with Gasteiger partial charge < -0.3 is 24.8 Å². The number of fused-ring (bicyclic) bond motifs is 1. The number of aliphatic hydroxyl groups is 2. The molecule has 4 heterocycles. The highest BCUT2D eigenvalue weighted by Gasteiger charge is 2.47. The Morgan fingerprint density at radius 1 is 0.957 bits per heavy atom. The van der Waals surface area contributed by atoms with Crippen molar-refractivity contribution in [3.8, 4) is 0 Å². The first-order valence-corrected chi connectivity index (χ1v) is 17.2. The lowest BCUT2D eigenvalue weighted by Gasteiger charge is -2.20. The standard InChI is InChI=1S/C32H38N8O6S/c1-4-24-38-30(39-46-24)28-26(41)27(42)32(45-28)40-18-34-25-29(36-23(37-31(25)40)16-35-47(43,44)17-19(2)3)33-15-22(20-11-7-5-8-12-20)21-13-9-6-10-14-21/h5-14,18-19,22,26-28,32,35,41-42H,4,15-17H2,1-3H3,(H,33,36,37)/t26-,27+,28-,32+/m0/s1. The molecule has 6 rings (SSSR count). The van der Waals surface area contributed by atoms with Crippen LogP contribution in [0.15, 0.2) is 71.5 Å². The predicted octanol–water partition coefficient (Wildman–Crippen LogP) is 3.08. The zero-order valence-corrected chi connectivity index (χ0v) is 27.1. The molecule has 3 aromatic heterocycles. The molecule has 0 unspecified atom stereocenters. The fraction of sp³-hybridized carbons (Fsp3) is 0.406. The summed E-state index contributed by atoms with van der Waals surface area (Å²) in [6.07, 6.45) is -2.98. The molecule has 5 aromatic rings. The van der Waals surface area contributed by atoms with Gasteiger partial charge in [-0.05, 0) is 17.0 Å². The number of rotatable bonds is 13. The summed E-state index contributed by atoms with van der Waals surface area (Å²) in [7, 11) is -3.60. The number of aryl methyl sites for hydroxylation is 1. The molecule has 0 amide bonds. The number of hydrogen-bond donors (Lipinski definition) is 4. The third-order valence-corrected chi connectivity index (χ3v) is 9.59. The van der Waals surface area contributed by atoms with E-state index < -0.39 is 34.6 Å². The maximum Gasteiger partial charge on any atom is 0.226 e. The van der Waals surface area contributed by atoms with Crippen molar-refractivity contribution in [3.63, 3.8) is 0 Å². The van der Waals surface area contributed by atoms with Gasteiger partial charge in [-0.15, -0.1) is 0 Å². The van der Waals surface area contributed by atoms with Crippen molar-refractivity contribution in [1.82, 2.24) is 34.4 Å². The molecule has 15 heteroatoms.